The lowest BCUT2D eigenvalue weighted by Gasteiger charge is -2.31. The maximum absolute atomic E-state index is 5.99. The van der Waals surface area contributed by atoms with E-state index in [4.69, 9.17) is 11.6 Å². The first-order valence-electron chi connectivity index (χ1n) is 6.65. The van der Waals surface area contributed by atoms with Crippen LogP contribution in [-0.2, 0) is 0 Å². The molecule has 0 amide bonds. The molecule has 1 aliphatic rings. The zero-order chi connectivity index (χ0) is 13.1. The van der Waals surface area contributed by atoms with E-state index in [2.05, 4.69) is 52.7 Å². The van der Waals surface area contributed by atoms with Crippen LogP contribution in [-0.4, -0.2) is 19.1 Å². The van der Waals surface area contributed by atoms with Crippen LogP contribution in [0.3, 0.4) is 0 Å². The van der Waals surface area contributed by atoms with Gasteiger partial charge in [-0.3, -0.25) is 0 Å². The highest BCUT2D eigenvalue weighted by Gasteiger charge is 2.23. The van der Waals surface area contributed by atoms with E-state index in [0.717, 1.165) is 24.5 Å². The first-order chi connectivity index (χ1) is 9.34. The molecule has 2 aromatic carbocycles. The number of nitrogens with one attached hydrogen (secondary N) is 1. The molecule has 2 aromatic rings. The molecule has 2 nitrogen and oxygen atoms in total. The van der Waals surface area contributed by atoms with Gasteiger partial charge in [-0.25, -0.2) is 0 Å². The molecule has 1 fully saturated rings. The summed E-state index contributed by atoms with van der Waals surface area (Å²) in [5.74, 6) is 0. The summed E-state index contributed by atoms with van der Waals surface area (Å²) in [7, 11) is 0. The number of benzene rings is 2. The molecule has 19 heavy (non-hydrogen) atoms. The quantitative estimate of drug-likeness (QED) is 0.913. The van der Waals surface area contributed by atoms with Crippen LogP contribution >= 0.6 is 11.6 Å². The lowest BCUT2D eigenvalue weighted by Crippen LogP contribution is -2.32. The molecule has 3 heteroatoms. The molecule has 1 N–H and O–H groups in total. The number of hydrogen-bond donors (Lipinski definition) is 1. The second-order valence-electron chi connectivity index (χ2n) is 4.83. The molecule has 0 aromatic heterocycles. The summed E-state index contributed by atoms with van der Waals surface area (Å²) < 4.78 is 0. The van der Waals surface area contributed by atoms with Crippen molar-refractivity contribution in [2.75, 3.05) is 18.0 Å². The van der Waals surface area contributed by atoms with Gasteiger partial charge in [-0.05, 0) is 49.4 Å². The minimum absolute atomic E-state index is 0.503. The fraction of sp³-hybridized carbons (Fsp3) is 0.250. The molecule has 1 unspecified atom stereocenters. The fourth-order valence-electron chi connectivity index (χ4n) is 2.62. The van der Waals surface area contributed by atoms with Crippen molar-refractivity contribution in [2.45, 2.75) is 12.5 Å². The summed E-state index contributed by atoms with van der Waals surface area (Å²) in [4.78, 5) is 2.40. The summed E-state index contributed by atoms with van der Waals surface area (Å²) >= 11 is 5.99. The van der Waals surface area contributed by atoms with Crippen LogP contribution in [0.2, 0.25) is 5.02 Å². The maximum atomic E-state index is 5.99. The highest BCUT2D eigenvalue weighted by Crippen LogP contribution is 2.30. The van der Waals surface area contributed by atoms with Crippen molar-refractivity contribution in [3.05, 3.63) is 59.6 Å². The predicted molar refractivity (Wildman–Crippen MR) is 81.3 cm³/mol. The van der Waals surface area contributed by atoms with Crippen LogP contribution in [0.5, 0.6) is 0 Å². The van der Waals surface area contributed by atoms with E-state index >= 15 is 0 Å². The molecule has 0 aliphatic carbocycles. The number of rotatable bonds is 3. The van der Waals surface area contributed by atoms with Crippen molar-refractivity contribution >= 4 is 23.0 Å². The summed E-state index contributed by atoms with van der Waals surface area (Å²) in [5, 5.41) is 4.21. The van der Waals surface area contributed by atoms with E-state index in [-0.39, 0.29) is 0 Å². The van der Waals surface area contributed by atoms with Gasteiger partial charge in [0, 0.05) is 29.0 Å². The topological polar surface area (TPSA) is 15.3 Å². The highest BCUT2D eigenvalue weighted by atomic mass is 35.5. The normalized spacial score (nSPS) is 18.5. The Labute approximate surface area is 119 Å². The molecule has 1 aliphatic heterocycles. The molecule has 0 bridgehead atoms. The standard InChI is InChI=1S/C16H17ClN2/c17-13-6-8-15(9-7-13)19(16-10-11-18-12-16)14-4-2-1-3-5-14/h1-9,16,18H,10-12H2. The van der Waals surface area contributed by atoms with Gasteiger partial charge in [-0.15, -0.1) is 0 Å². The van der Waals surface area contributed by atoms with Gasteiger partial charge < -0.3 is 10.2 Å². The summed E-state index contributed by atoms with van der Waals surface area (Å²) in [6.07, 6.45) is 1.16. The second-order valence-corrected chi connectivity index (χ2v) is 5.27. The van der Waals surface area contributed by atoms with Gasteiger partial charge in [0.15, 0.2) is 0 Å². The summed E-state index contributed by atoms with van der Waals surface area (Å²) in [6.45, 7) is 2.11. The minimum atomic E-state index is 0.503. The third-order valence-corrected chi connectivity index (χ3v) is 3.79. The van der Waals surface area contributed by atoms with Gasteiger partial charge in [0.05, 0.1) is 0 Å². The van der Waals surface area contributed by atoms with Crippen LogP contribution in [0.25, 0.3) is 0 Å². The fourth-order valence-corrected chi connectivity index (χ4v) is 2.75. The number of nitrogens with zero attached hydrogens (tertiary/aromatic N) is 1. The van der Waals surface area contributed by atoms with Crippen LogP contribution in [0.4, 0.5) is 11.4 Å². The summed E-state index contributed by atoms with van der Waals surface area (Å²) in [5.41, 5.74) is 2.43. The van der Waals surface area contributed by atoms with Gasteiger partial charge in [0.1, 0.15) is 0 Å². The smallest absolute Gasteiger partial charge is 0.0478 e. The largest absolute Gasteiger partial charge is 0.337 e. The monoisotopic (exact) mass is 272 g/mol. The van der Waals surface area contributed by atoms with Gasteiger partial charge in [-0.1, -0.05) is 29.8 Å². The Morgan fingerprint density at radius 2 is 1.63 bits per heavy atom. The highest BCUT2D eigenvalue weighted by molar-refractivity contribution is 6.30. The Hall–Kier alpha value is -1.51. The third kappa shape index (κ3) is 2.75. The predicted octanol–water partition coefficient (Wildman–Crippen LogP) is 3.84. The van der Waals surface area contributed by atoms with Gasteiger partial charge in [0.25, 0.3) is 0 Å². The zero-order valence-corrected chi connectivity index (χ0v) is 11.5. The van der Waals surface area contributed by atoms with Gasteiger partial charge in [0.2, 0.25) is 0 Å². The van der Waals surface area contributed by atoms with Crippen molar-refractivity contribution in [2.24, 2.45) is 0 Å². The molecular formula is C16H17ClN2. The maximum Gasteiger partial charge on any atom is 0.0478 e. The van der Waals surface area contributed by atoms with Crippen molar-refractivity contribution < 1.29 is 0 Å². The van der Waals surface area contributed by atoms with Crippen LogP contribution < -0.4 is 10.2 Å². The van der Waals surface area contributed by atoms with E-state index in [1.807, 2.05) is 12.1 Å². The Morgan fingerprint density at radius 3 is 2.26 bits per heavy atom. The van der Waals surface area contributed by atoms with Crippen molar-refractivity contribution in [1.29, 1.82) is 0 Å². The number of halogens is 1. The minimum Gasteiger partial charge on any atom is -0.337 e. The number of anilines is 2. The SMILES string of the molecule is Clc1ccc(N(c2ccccc2)C2CCNC2)cc1. The molecule has 98 valence electrons. The van der Waals surface area contributed by atoms with Crippen LogP contribution in [0.1, 0.15) is 6.42 Å². The Balaban J connectivity index is 1.98. The van der Waals surface area contributed by atoms with Gasteiger partial charge in [-0.2, -0.15) is 0 Å². The van der Waals surface area contributed by atoms with Crippen LogP contribution in [0, 0.1) is 0 Å². The van der Waals surface area contributed by atoms with E-state index in [9.17, 15) is 0 Å². The van der Waals surface area contributed by atoms with Crippen LogP contribution in [0.15, 0.2) is 54.6 Å². The number of para-hydroxylation sites is 1. The lowest BCUT2D eigenvalue weighted by molar-refractivity contribution is 0.712. The van der Waals surface area contributed by atoms with E-state index in [0.29, 0.717) is 6.04 Å². The van der Waals surface area contributed by atoms with E-state index < -0.39 is 0 Å². The molecular weight excluding hydrogens is 256 g/mol. The molecule has 0 spiro atoms. The summed E-state index contributed by atoms with van der Waals surface area (Å²) in [6, 6.07) is 19.1. The van der Waals surface area contributed by atoms with Crippen molar-refractivity contribution in [1.82, 2.24) is 5.32 Å². The molecule has 0 radical (unpaired) electrons. The third-order valence-electron chi connectivity index (χ3n) is 3.54. The Morgan fingerprint density at radius 1 is 0.947 bits per heavy atom. The lowest BCUT2D eigenvalue weighted by atomic mass is 10.1. The second kappa shape index (κ2) is 5.64. The van der Waals surface area contributed by atoms with E-state index in [1.165, 1.54) is 11.4 Å². The Bertz CT molecular complexity index is 518. The molecule has 1 saturated heterocycles. The average molecular weight is 273 g/mol. The number of hydrogen-bond acceptors (Lipinski definition) is 2. The van der Waals surface area contributed by atoms with Crippen molar-refractivity contribution in [3.8, 4) is 0 Å². The molecule has 0 saturated carbocycles. The molecule has 1 heterocycles. The zero-order valence-electron chi connectivity index (χ0n) is 10.7. The average Bonchev–Trinajstić information content (AvgIpc) is 2.96. The first-order valence-corrected chi connectivity index (χ1v) is 7.03. The van der Waals surface area contributed by atoms with Crippen molar-refractivity contribution in [3.63, 3.8) is 0 Å². The molecule has 1 atom stereocenters. The Kier molecular flexibility index (Phi) is 3.72. The molecule has 3 rings (SSSR count). The van der Waals surface area contributed by atoms with E-state index in [1.54, 1.807) is 0 Å². The van der Waals surface area contributed by atoms with Gasteiger partial charge >= 0.3 is 0 Å². The first kappa shape index (κ1) is 12.5.